The zero-order valence-corrected chi connectivity index (χ0v) is 14.9. The van der Waals surface area contributed by atoms with E-state index in [1.165, 1.54) is 24.3 Å². The molecular weight excluding hydrogens is 405 g/mol. The molecule has 23 heavy (non-hydrogen) atoms. The molecule has 2 aromatic carbocycles. The van der Waals surface area contributed by atoms with Crippen LogP contribution < -0.4 is 10.6 Å². The minimum atomic E-state index is -0.828. The Morgan fingerprint density at radius 2 is 1.35 bits per heavy atom. The van der Waals surface area contributed by atoms with E-state index in [2.05, 4.69) is 10.6 Å². The van der Waals surface area contributed by atoms with E-state index in [1.54, 1.807) is 6.07 Å². The van der Waals surface area contributed by atoms with Gasteiger partial charge in [0.2, 0.25) is 0 Å². The Labute approximate surface area is 156 Å². The first-order valence-electron chi connectivity index (χ1n) is 6.00. The fourth-order valence-electron chi connectivity index (χ4n) is 1.65. The molecule has 120 valence electrons. The topological polar surface area (TPSA) is 58.2 Å². The summed E-state index contributed by atoms with van der Waals surface area (Å²) in [6.07, 6.45) is 0. The fraction of sp³-hybridized carbons (Fsp3) is 0. The smallest absolute Gasteiger partial charge is 0.306 e. The van der Waals surface area contributed by atoms with Gasteiger partial charge in [-0.15, -0.1) is 0 Å². The van der Waals surface area contributed by atoms with Gasteiger partial charge in [-0.05, 0) is 24.3 Å². The van der Waals surface area contributed by atoms with Crippen molar-refractivity contribution in [1.82, 2.24) is 5.32 Å². The Bertz CT molecular complexity index is 775. The lowest BCUT2D eigenvalue weighted by atomic mass is 10.2. The van der Waals surface area contributed by atoms with E-state index in [0.717, 1.165) is 0 Å². The number of rotatable bonds is 2. The molecule has 4 nitrogen and oxygen atoms in total. The van der Waals surface area contributed by atoms with Crippen LogP contribution in [0.3, 0.4) is 0 Å². The van der Waals surface area contributed by atoms with Crippen LogP contribution in [-0.2, 0) is 0 Å². The standard InChI is InChI=1S/C14H7Cl5N2O2/c15-6-2-1-3-7(16)12(6)13(22)21-14(23)20-11-5-9(18)8(17)4-10(11)19/h1-5H,(H2,20,21,22,23). The van der Waals surface area contributed by atoms with Gasteiger partial charge in [0.25, 0.3) is 5.91 Å². The van der Waals surface area contributed by atoms with Gasteiger partial charge in [-0.25, -0.2) is 4.79 Å². The lowest BCUT2D eigenvalue weighted by Gasteiger charge is -2.10. The highest BCUT2D eigenvalue weighted by Gasteiger charge is 2.18. The summed E-state index contributed by atoms with van der Waals surface area (Å²) in [7, 11) is 0. The average molecular weight is 412 g/mol. The molecule has 9 heteroatoms. The number of nitrogens with one attached hydrogen (secondary N) is 2. The molecule has 2 rings (SSSR count). The predicted octanol–water partition coefficient (Wildman–Crippen LogP) is 5.92. The molecule has 0 bridgehead atoms. The first-order chi connectivity index (χ1) is 10.8. The summed E-state index contributed by atoms with van der Waals surface area (Å²) in [5.41, 5.74) is 0.183. The second-order valence-corrected chi connectivity index (χ2v) is 6.29. The molecule has 0 aliphatic carbocycles. The maximum Gasteiger partial charge on any atom is 0.326 e. The van der Waals surface area contributed by atoms with E-state index in [-0.39, 0.29) is 36.4 Å². The Balaban J connectivity index is 2.14. The van der Waals surface area contributed by atoms with E-state index in [9.17, 15) is 9.59 Å². The summed E-state index contributed by atoms with van der Waals surface area (Å²) < 4.78 is 0. The van der Waals surface area contributed by atoms with Crippen LogP contribution in [0.1, 0.15) is 10.4 Å². The van der Waals surface area contributed by atoms with Gasteiger partial charge < -0.3 is 5.32 Å². The molecule has 0 saturated heterocycles. The van der Waals surface area contributed by atoms with Gasteiger partial charge in [0.1, 0.15) is 0 Å². The number of anilines is 1. The van der Waals surface area contributed by atoms with Crippen LogP contribution >= 0.6 is 58.0 Å². The van der Waals surface area contributed by atoms with E-state index >= 15 is 0 Å². The van der Waals surface area contributed by atoms with Gasteiger partial charge in [-0.1, -0.05) is 64.1 Å². The van der Waals surface area contributed by atoms with Crippen molar-refractivity contribution in [2.75, 3.05) is 5.32 Å². The molecule has 0 radical (unpaired) electrons. The SMILES string of the molecule is O=C(NC(=O)c1c(Cl)cccc1Cl)Nc1cc(Cl)c(Cl)cc1Cl. The largest absolute Gasteiger partial charge is 0.326 e. The fourth-order valence-corrected chi connectivity index (χ4v) is 2.82. The zero-order chi connectivity index (χ0) is 17.1. The maximum atomic E-state index is 12.1. The summed E-state index contributed by atoms with van der Waals surface area (Å²) in [6, 6.07) is 6.45. The van der Waals surface area contributed by atoms with Crippen molar-refractivity contribution in [2.24, 2.45) is 0 Å². The third kappa shape index (κ3) is 4.43. The van der Waals surface area contributed by atoms with Crippen molar-refractivity contribution in [3.05, 3.63) is 61.0 Å². The van der Waals surface area contributed by atoms with Crippen molar-refractivity contribution in [3.63, 3.8) is 0 Å². The van der Waals surface area contributed by atoms with Crippen LogP contribution in [0.5, 0.6) is 0 Å². The van der Waals surface area contributed by atoms with Gasteiger partial charge in [0.05, 0.1) is 36.4 Å². The number of imide groups is 1. The van der Waals surface area contributed by atoms with E-state index in [0.29, 0.717) is 0 Å². The van der Waals surface area contributed by atoms with Crippen LogP contribution in [0.15, 0.2) is 30.3 Å². The van der Waals surface area contributed by atoms with Gasteiger partial charge in [0, 0.05) is 0 Å². The molecular formula is C14H7Cl5N2O2. The number of carbonyl (C=O) groups is 2. The van der Waals surface area contributed by atoms with E-state index in [1.807, 2.05) is 0 Å². The van der Waals surface area contributed by atoms with E-state index in [4.69, 9.17) is 58.0 Å². The molecule has 0 aliphatic heterocycles. The summed E-state index contributed by atoms with van der Waals surface area (Å²) in [5, 5.41) is 5.33. The monoisotopic (exact) mass is 410 g/mol. The van der Waals surface area contributed by atoms with Gasteiger partial charge in [-0.2, -0.15) is 0 Å². The Kier molecular flexibility index (Phi) is 6.00. The summed E-state index contributed by atoms with van der Waals surface area (Å²) in [5.74, 6) is -0.755. The Morgan fingerprint density at radius 1 is 0.783 bits per heavy atom. The highest BCUT2D eigenvalue weighted by molar-refractivity contribution is 6.44. The van der Waals surface area contributed by atoms with Gasteiger partial charge >= 0.3 is 6.03 Å². The van der Waals surface area contributed by atoms with Crippen LogP contribution in [-0.4, -0.2) is 11.9 Å². The summed E-state index contributed by atoms with van der Waals surface area (Å²) in [4.78, 5) is 24.0. The first-order valence-corrected chi connectivity index (χ1v) is 7.89. The molecule has 0 aromatic heterocycles. The van der Waals surface area contributed by atoms with Crippen molar-refractivity contribution in [1.29, 1.82) is 0 Å². The Hall–Kier alpha value is -1.17. The van der Waals surface area contributed by atoms with Crippen LogP contribution in [0.2, 0.25) is 25.1 Å². The maximum absolute atomic E-state index is 12.1. The number of hydrogen-bond donors (Lipinski definition) is 2. The second kappa shape index (κ2) is 7.60. The van der Waals surface area contributed by atoms with Crippen LogP contribution in [0.25, 0.3) is 0 Å². The molecule has 2 aromatic rings. The van der Waals surface area contributed by atoms with Gasteiger partial charge in [-0.3, -0.25) is 10.1 Å². The predicted molar refractivity (Wildman–Crippen MR) is 94.4 cm³/mol. The van der Waals surface area contributed by atoms with Crippen molar-refractivity contribution in [3.8, 4) is 0 Å². The second-order valence-electron chi connectivity index (χ2n) is 4.25. The molecule has 0 spiro atoms. The molecule has 0 saturated carbocycles. The first kappa shape index (κ1) is 18.2. The number of halogens is 5. The minimum absolute atomic E-state index is 0.00813. The zero-order valence-electron chi connectivity index (χ0n) is 11.1. The lowest BCUT2D eigenvalue weighted by molar-refractivity contribution is 0.0967. The molecule has 0 aliphatic rings. The quantitative estimate of drug-likeness (QED) is 0.602. The number of benzene rings is 2. The average Bonchev–Trinajstić information content (AvgIpc) is 2.44. The number of hydrogen-bond acceptors (Lipinski definition) is 2. The Morgan fingerprint density at radius 3 is 1.96 bits per heavy atom. The van der Waals surface area contributed by atoms with Crippen molar-refractivity contribution < 1.29 is 9.59 Å². The third-order valence-corrected chi connectivity index (χ3v) is 4.34. The molecule has 0 atom stereocenters. The van der Waals surface area contributed by atoms with Crippen molar-refractivity contribution in [2.45, 2.75) is 0 Å². The molecule has 0 fully saturated rings. The summed E-state index contributed by atoms with van der Waals surface area (Å²) >= 11 is 29.4. The summed E-state index contributed by atoms with van der Waals surface area (Å²) in [6.45, 7) is 0. The highest BCUT2D eigenvalue weighted by atomic mass is 35.5. The molecule has 3 amide bonds. The van der Waals surface area contributed by atoms with Crippen molar-refractivity contribution >= 4 is 75.6 Å². The molecule has 2 N–H and O–H groups in total. The number of amides is 3. The minimum Gasteiger partial charge on any atom is -0.306 e. The van der Waals surface area contributed by atoms with Crippen LogP contribution in [0, 0.1) is 0 Å². The lowest BCUT2D eigenvalue weighted by Crippen LogP contribution is -2.34. The van der Waals surface area contributed by atoms with Gasteiger partial charge in [0.15, 0.2) is 0 Å². The van der Waals surface area contributed by atoms with Crippen LogP contribution in [0.4, 0.5) is 10.5 Å². The third-order valence-electron chi connectivity index (χ3n) is 2.68. The molecule has 0 heterocycles. The molecule has 0 unspecified atom stereocenters. The van der Waals surface area contributed by atoms with E-state index < -0.39 is 11.9 Å². The highest BCUT2D eigenvalue weighted by Crippen LogP contribution is 2.32. The number of carbonyl (C=O) groups excluding carboxylic acids is 2. The number of urea groups is 1. The normalized spacial score (nSPS) is 10.3.